The zero-order valence-electron chi connectivity index (χ0n) is 10.5. The summed E-state index contributed by atoms with van der Waals surface area (Å²) < 4.78 is 0. The van der Waals surface area contributed by atoms with Crippen LogP contribution in [0.1, 0.15) is 21.1 Å². The van der Waals surface area contributed by atoms with E-state index in [2.05, 4.69) is 21.8 Å². The molecule has 2 aromatic heterocycles. The third-order valence-electron chi connectivity index (χ3n) is 2.47. The number of amides is 1. The average Bonchev–Trinajstić information content (AvgIpc) is 3.06. The molecule has 0 radical (unpaired) electrons. The Bertz CT molecular complexity index is 606. The summed E-state index contributed by atoms with van der Waals surface area (Å²) in [5.74, 6) is 6.37. The Morgan fingerprint density at radius 1 is 1.63 bits per heavy atom. The highest BCUT2D eigenvalue weighted by molar-refractivity contribution is 7.12. The van der Waals surface area contributed by atoms with Crippen molar-refractivity contribution in [2.75, 3.05) is 13.6 Å². The summed E-state index contributed by atoms with van der Waals surface area (Å²) in [5.41, 5.74) is 6.07. The Hall–Kier alpha value is -2.10. The molecule has 3 N–H and O–H groups in total. The van der Waals surface area contributed by atoms with E-state index in [1.165, 1.54) is 11.3 Å². The number of thiophene rings is 1. The normalized spacial score (nSPS) is 9.79. The molecule has 5 nitrogen and oxygen atoms in total. The molecule has 98 valence electrons. The number of hydrogen-bond acceptors (Lipinski definition) is 4. The molecule has 0 aliphatic carbocycles. The lowest BCUT2D eigenvalue weighted by Gasteiger charge is -2.14. The molecule has 19 heavy (non-hydrogen) atoms. The van der Waals surface area contributed by atoms with Gasteiger partial charge < -0.3 is 15.6 Å². The van der Waals surface area contributed by atoms with Crippen LogP contribution in [0.25, 0.3) is 0 Å². The molecule has 1 amide bonds. The Morgan fingerprint density at radius 3 is 3.16 bits per heavy atom. The average molecular weight is 274 g/mol. The van der Waals surface area contributed by atoms with Crippen molar-refractivity contribution >= 4 is 17.2 Å². The summed E-state index contributed by atoms with van der Waals surface area (Å²) in [7, 11) is 1.74. The number of rotatable bonds is 3. The third-order valence-corrected chi connectivity index (χ3v) is 3.38. The molecular weight excluding hydrogens is 260 g/mol. The van der Waals surface area contributed by atoms with Crippen LogP contribution in [0.3, 0.4) is 0 Å². The topological polar surface area (TPSA) is 75.0 Å². The first kappa shape index (κ1) is 13.3. The molecule has 0 aromatic carbocycles. The highest BCUT2D eigenvalue weighted by atomic mass is 32.1. The minimum atomic E-state index is -0.0623. The molecule has 0 unspecified atom stereocenters. The van der Waals surface area contributed by atoms with Crippen molar-refractivity contribution in [3.63, 3.8) is 0 Å². The summed E-state index contributed by atoms with van der Waals surface area (Å²) in [5, 5.41) is 1.86. The van der Waals surface area contributed by atoms with Crippen LogP contribution in [0, 0.1) is 11.8 Å². The van der Waals surface area contributed by atoms with Crippen LogP contribution in [0.5, 0.6) is 0 Å². The largest absolute Gasteiger partial charge is 0.347 e. The van der Waals surface area contributed by atoms with E-state index >= 15 is 0 Å². The van der Waals surface area contributed by atoms with Gasteiger partial charge in [-0.3, -0.25) is 4.79 Å². The lowest BCUT2D eigenvalue weighted by molar-refractivity contribution is 0.0786. The molecule has 2 aromatic rings. The smallest absolute Gasteiger partial charge is 0.265 e. The highest BCUT2D eigenvalue weighted by Crippen LogP contribution is 2.18. The van der Waals surface area contributed by atoms with Crippen LogP contribution in [0.15, 0.2) is 23.8 Å². The van der Waals surface area contributed by atoms with Gasteiger partial charge >= 0.3 is 0 Å². The Balaban J connectivity index is 2.13. The van der Waals surface area contributed by atoms with Crippen molar-refractivity contribution in [1.82, 2.24) is 14.9 Å². The predicted molar refractivity (Wildman–Crippen MR) is 74.6 cm³/mol. The van der Waals surface area contributed by atoms with Crippen LogP contribution in [0.4, 0.5) is 0 Å². The second kappa shape index (κ2) is 6.18. The molecule has 0 saturated heterocycles. The molecule has 0 saturated carbocycles. The maximum atomic E-state index is 12.3. The summed E-state index contributed by atoms with van der Waals surface area (Å²) in [6.45, 7) is 0.721. The van der Waals surface area contributed by atoms with Crippen LogP contribution >= 0.6 is 11.3 Å². The first-order chi connectivity index (χ1) is 9.22. The van der Waals surface area contributed by atoms with E-state index in [0.717, 1.165) is 11.4 Å². The van der Waals surface area contributed by atoms with E-state index < -0.39 is 0 Å². The van der Waals surface area contributed by atoms with Gasteiger partial charge in [0.25, 0.3) is 5.91 Å². The molecule has 0 bridgehead atoms. The number of aromatic nitrogens is 2. The number of carbonyl (C=O) groups is 1. The fourth-order valence-corrected chi connectivity index (χ4v) is 2.42. The first-order valence-electron chi connectivity index (χ1n) is 5.72. The van der Waals surface area contributed by atoms with E-state index in [-0.39, 0.29) is 12.5 Å². The highest BCUT2D eigenvalue weighted by Gasteiger charge is 2.17. The lowest BCUT2D eigenvalue weighted by Crippen LogP contribution is -2.26. The van der Waals surface area contributed by atoms with Crippen LogP contribution < -0.4 is 5.73 Å². The van der Waals surface area contributed by atoms with E-state index in [1.807, 2.05) is 11.4 Å². The fourth-order valence-electron chi connectivity index (χ4n) is 1.57. The van der Waals surface area contributed by atoms with Crippen molar-refractivity contribution in [3.05, 3.63) is 40.1 Å². The number of nitrogens with two attached hydrogens (primary N) is 1. The Kier molecular flexibility index (Phi) is 4.34. The van der Waals surface area contributed by atoms with Crippen molar-refractivity contribution in [1.29, 1.82) is 0 Å². The maximum Gasteiger partial charge on any atom is 0.265 e. The molecule has 0 aliphatic rings. The van der Waals surface area contributed by atoms with E-state index in [9.17, 15) is 4.79 Å². The quantitative estimate of drug-likeness (QED) is 0.822. The van der Waals surface area contributed by atoms with Gasteiger partial charge in [-0.05, 0) is 11.4 Å². The van der Waals surface area contributed by atoms with E-state index in [4.69, 9.17) is 5.73 Å². The number of hydrogen-bond donors (Lipinski definition) is 2. The summed E-state index contributed by atoms with van der Waals surface area (Å²) in [6, 6.07) is 1.83. The standard InChI is InChI=1S/C13H14N4OS/c1-17(9-11-15-6-7-16-11)13(18)12-10(3-2-5-14)4-8-19-12/h4,6-8H,5,9,14H2,1H3,(H,15,16). The van der Waals surface area contributed by atoms with Gasteiger partial charge in [-0.15, -0.1) is 11.3 Å². The second-order valence-corrected chi connectivity index (χ2v) is 4.78. The van der Waals surface area contributed by atoms with Gasteiger partial charge in [-0.1, -0.05) is 11.8 Å². The second-order valence-electron chi connectivity index (χ2n) is 3.87. The summed E-state index contributed by atoms with van der Waals surface area (Å²) >= 11 is 1.38. The Labute approximate surface area is 115 Å². The zero-order valence-corrected chi connectivity index (χ0v) is 11.3. The number of nitrogens with zero attached hydrogens (tertiary/aromatic N) is 2. The minimum Gasteiger partial charge on any atom is -0.347 e. The number of imidazole rings is 1. The van der Waals surface area contributed by atoms with Gasteiger partial charge in [0.1, 0.15) is 10.7 Å². The van der Waals surface area contributed by atoms with Gasteiger partial charge in [0.05, 0.1) is 13.1 Å². The van der Waals surface area contributed by atoms with Crippen LogP contribution in [0.2, 0.25) is 0 Å². The lowest BCUT2D eigenvalue weighted by atomic mass is 10.2. The fraction of sp³-hybridized carbons (Fsp3) is 0.231. The molecular formula is C13H14N4OS. The Morgan fingerprint density at radius 2 is 2.47 bits per heavy atom. The van der Waals surface area contributed by atoms with E-state index in [0.29, 0.717) is 11.4 Å². The number of aromatic amines is 1. The molecule has 6 heteroatoms. The molecule has 2 heterocycles. The molecule has 0 atom stereocenters. The van der Waals surface area contributed by atoms with Crippen molar-refractivity contribution < 1.29 is 4.79 Å². The van der Waals surface area contributed by atoms with Gasteiger partial charge in [0.2, 0.25) is 0 Å². The van der Waals surface area contributed by atoms with Gasteiger partial charge in [0, 0.05) is 25.0 Å². The third kappa shape index (κ3) is 3.22. The predicted octanol–water partition coefficient (Wildman–Crippen LogP) is 1.05. The van der Waals surface area contributed by atoms with Crippen molar-refractivity contribution in [2.45, 2.75) is 6.54 Å². The number of nitrogens with one attached hydrogen (secondary N) is 1. The monoisotopic (exact) mass is 274 g/mol. The summed E-state index contributed by atoms with van der Waals surface area (Å²) in [6.07, 6.45) is 3.40. The molecule has 0 aliphatic heterocycles. The number of H-pyrrole nitrogens is 1. The van der Waals surface area contributed by atoms with E-state index in [1.54, 1.807) is 24.3 Å². The maximum absolute atomic E-state index is 12.3. The van der Waals surface area contributed by atoms with Gasteiger partial charge in [0.15, 0.2) is 0 Å². The summed E-state index contributed by atoms with van der Waals surface area (Å²) in [4.78, 5) is 21.6. The van der Waals surface area contributed by atoms with Gasteiger partial charge in [-0.2, -0.15) is 0 Å². The number of carbonyl (C=O) groups excluding carboxylic acids is 1. The van der Waals surface area contributed by atoms with Crippen molar-refractivity contribution in [3.8, 4) is 11.8 Å². The molecule has 0 fully saturated rings. The molecule has 0 spiro atoms. The van der Waals surface area contributed by atoms with Crippen LogP contribution in [-0.2, 0) is 6.54 Å². The zero-order chi connectivity index (χ0) is 13.7. The minimum absolute atomic E-state index is 0.0623. The molecule has 2 rings (SSSR count). The first-order valence-corrected chi connectivity index (χ1v) is 6.60. The van der Waals surface area contributed by atoms with Gasteiger partial charge in [-0.25, -0.2) is 4.98 Å². The van der Waals surface area contributed by atoms with Crippen molar-refractivity contribution in [2.24, 2.45) is 5.73 Å². The van der Waals surface area contributed by atoms with Crippen LogP contribution in [-0.4, -0.2) is 34.4 Å². The SMILES string of the molecule is CN(Cc1ncc[nH]1)C(=O)c1sccc1C#CCN.